The summed E-state index contributed by atoms with van der Waals surface area (Å²) in [6, 6.07) is 9.98. The second kappa shape index (κ2) is 8.14. The summed E-state index contributed by atoms with van der Waals surface area (Å²) in [5, 5.41) is 3.14. The summed E-state index contributed by atoms with van der Waals surface area (Å²) in [7, 11) is 1.57. The van der Waals surface area contributed by atoms with Crippen LogP contribution in [0.4, 0.5) is 5.69 Å². The molecule has 3 rings (SSSR count). The maximum atomic E-state index is 13.0. The number of anilines is 1. The van der Waals surface area contributed by atoms with Gasteiger partial charge in [-0.25, -0.2) is 0 Å². The lowest BCUT2D eigenvalue weighted by molar-refractivity contribution is -0.122. The van der Waals surface area contributed by atoms with Gasteiger partial charge in [0, 0.05) is 5.02 Å². The number of nitrogens with one attached hydrogen (secondary N) is 1. The van der Waals surface area contributed by atoms with Crippen molar-refractivity contribution in [2.24, 2.45) is 0 Å². The molecule has 0 spiro atoms. The zero-order chi connectivity index (χ0) is 19.7. The van der Waals surface area contributed by atoms with Crippen LogP contribution in [0.2, 0.25) is 10.0 Å². The van der Waals surface area contributed by atoms with Crippen LogP contribution in [0.25, 0.3) is 6.08 Å². The summed E-state index contributed by atoms with van der Waals surface area (Å²) in [6.07, 6.45) is 1.50. The second-order valence-corrected chi connectivity index (χ2v) is 7.84. The average Bonchev–Trinajstić information content (AvgIpc) is 2.60. The van der Waals surface area contributed by atoms with Crippen LogP contribution in [0, 0.1) is 3.57 Å². The Morgan fingerprint density at radius 1 is 1.19 bits per heavy atom. The zero-order valence-corrected chi connectivity index (χ0v) is 18.2. The van der Waals surface area contributed by atoms with Gasteiger partial charge in [0.25, 0.3) is 11.8 Å². The lowest BCUT2D eigenvalue weighted by Crippen LogP contribution is -2.54. The van der Waals surface area contributed by atoms with Crippen molar-refractivity contribution in [1.29, 1.82) is 0 Å². The summed E-state index contributed by atoms with van der Waals surface area (Å²) in [5.41, 5.74) is 0.954. The highest BCUT2D eigenvalue weighted by Gasteiger charge is 2.35. The number of benzene rings is 2. The lowest BCUT2D eigenvalue weighted by atomic mass is 10.1. The van der Waals surface area contributed by atoms with Gasteiger partial charge in [-0.1, -0.05) is 29.3 Å². The van der Waals surface area contributed by atoms with E-state index < -0.39 is 11.8 Å². The molecular formula is C18H11Cl2IN2O3S. The highest BCUT2D eigenvalue weighted by Crippen LogP contribution is 2.31. The quantitative estimate of drug-likeness (QED) is 0.275. The number of amides is 2. The molecule has 0 saturated carbocycles. The Bertz CT molecular complexity index is 1010. The van der Waals surface area contributed by atoms with Crippen LogP contribution in [0.3, 0.4) is 0 Å². The van der Waals surface area contributed by atoms with Crippen LogP contribution in [0.15, 0.2) is 42.0 Å². The van der Waals surface area contributed by atoms with Crippen molar-refractivity contribution in [3.8, 4) is 5.75 Å². The summed E-state index contributed by atoms with van der Waals surface area (Å²) >= 11 is 19.4. The molecule has 1 aliphatic heterocycles. The van der Waals surface area contributed by atoms with E-state index in [0.29, 0.717) is 22.0 Å². The third-order valence-electron chi connectivity index (χ3n) is 3.74. The Kier molecular flexibility index (Phi) is 6.05. The van der Waals surface area contributed by atoms with Gasteiger partial charge in [-0.05, 0) is 76.8 Å². The van der Waals surface area contributed by atoms with Crippen molar-refractivity contribution in [2.45, 2.75) is 0 Å². The van der Waals surface area contributed by atoms with E-state index in [1.807, 2.05) is 0 Å². The minimum absolute atomic E-state index is 0.0457. The molecule has 138 valence electrons. The first-order valence-electron chi connectivity index (χ1n) is 7.52. The molecule has 0 aromatic heterocycles. The molecule has 0 atom stereocenters. The first-order valence-corrected chi connectivity index (χ1v) is 9.76. The first-order chi connectivity index (χ1) is 12.8. The van der Waals surface area contributed by atoms with Crippen LogP contribution < -0.4 is 15.0 Å². The number of carbonyl (C=O) groups excluding carboxylic acids is 2. The van der Waals surface area contributed by atoms with Gasteiger partial charge in [0.15, 0.2) is 5.11 Å². The normalized spacial score (nSPS) is 15.9. The third-order valence-corrected chi connectivity index (χ3v) is 5.40. The molecule has 1 N–H and O–H groups in total. The van der Waals surface area contributed by atoms with E-state index in [9.17, 15) is 9.59 Å². The van der Waals surface area contributed by atoms with Gasteiger partial charge in [0.2, 0.25) is 0 Å². The van der Waals surface area contributed by atoms with Gasteiger partial charge in [-0.3, -0.25) is 19.8 Å². The number of hydrogen-bond acceptors (Lipinski definition) is 4. The minimum Gasteiger partial charge on any atom is -0.496 e. The Hall–Kier alpha value is -1.68. The molecule has 0 unspecified atom stereocenters. The van der Waals surface area contributed by atoms with Crippen molar-refractivity contribution in [1.82, 2.24) is 5.32 Å². The molecule has 2 amide bonds. The molecular weight excluding hydrogens is 522 g/mol. The molecule has 5 nitrogen and oxygen atoms in total. The Morgan fingerprint density at radius 3 is 2.56 bits per heavy atom. The van der Waals surface area contributed by atoms with Gasteiger partial charge in [-0.2, -0.15) is 0 Å². The summed E-state index contributed by atoms with van der Waals surface area (Å²) in [6.45, 7) is 0. The van der Waals surface area contributed by atoms with Crippen LogP contribution >= 0.6 is 58.0 Å². The molecule has 2 aromatic carbocycles. The van der Waals surface area contributed by atoms with E-state index in [4.69, 9.17) is 40.2 Å². The first kappa shape index (κ1) is 20.1. The van der Waals surface area contributed by atoms with Crippen molar-refractivity contribution >= 4 is 86.7 Å². The molecule has 1 heterocycles. The SMILES string of the molecule is COc1ccc(/C=C2\C(=O)NC(=S)N(c3ccc(Cl)cc3Cl)C2=O)cc1I. The molecule has 9 heteroatoms. The highest BCUT2D eigenvalue weighted by atomic mass is 127. The standard InChI is InChI=1S/C18H11Cl2IN2O3S/c1-26-15-5-2-9(7-13(15)21)6-11-16(24)22-18(27)23(17(11)25)14-4-3-10(19)8-12(14)20/h2-8H,1H3,(H,22,24,27)/b11-6+. The lowest BCUT2D eigenvalue weighted by Gasteiger charge is -2.29. The molecule has 0 aliphatic carbocycles. The topological polar surface area (TPSA) is 58.6 Å². The summed E-state index contributed by atoms with van der Waals surface area (Å²) in [5.74, 6) is -0.441. The Balaban J connectivity index is 2.03. The van der Waals surface area contributed by atoms with Crippen LogP contribution in [-0.4, -0.2) is 24.0 Å². The Labute approximate surface area is 184 Å². The fourth-order valence-electron chi connectivity index (χ4n) is 2.48. The van der Waals surface area contributed by atoms with Crippen molar-refractivity contribution < 1.29 is 14.3 Å². The van der Waals surface area contributed by atoms with Crippen LogP contribution in [0.1, 0.15) is 5.56 Å². The predicted octanol–water partition coefficient (Wildman–Crippen LogP) is 4.44. The molecule has 1 aliphatic rings. The number of rotatable bonds is 3. The number of hydrogen-bond donors (Lipinski definition) is 1. The predicted molar refractivity (Wildman–Crippen MR) is 118 cm³/mol. The number of methoxy groups -OCH3 is 1. The number of nitrogens with zero attached hydrogens (tertiary/aromatic N) is 1. The van der Waals surface area contributed by atoms with E-state index in [1.54, 1.807) is 37.4 Å². The summed E-state index contributed by atoms with van der Waals surface area (Å²) in [4.78, 5) is 26.5. The van der Waals surface area contributed by atoms with Gasteiger partial charge in [0.1, 0.15) is 11.3 Å². The molecule has 0 radical (unpaired) electrons. The third kappa shape index (κ3) is 4.11. The molecule has 1 saturated heterocycles. The van der Waals surface area contributed by atoms with E-state index >= 15 is 0 Å². The fraction of sp³-hybridized carbons (Fsp3) is 0.0556. The number of ether oxygens (including phenoxy) is 1. The highest BCUT2D eigenvalue weighted by molar-refractivity contribution is 14.1. The van der Waals surface area contributed by atoms with Crippen molar-refractivity contribution in [3.05, 3.63) is 61.2 Å². The van der Waals surface area contributed by atoms with Crippen LogP contribution in [-0.2, 0) is 9.59 Å². The van der Waals surface area contributed by atoms with Gasteiger partial charge >= 0.3 is 0 Å². The summed E-state index contributed by atoms with van der Waals surface area (Å²) < 4.78 is 6.07. The smallest absolute Gasteiger partial charge is 0.270 e. The largest absolute Gasteiger partial charge is 0.496 e. The maximum Gasteiger partial charge on any atom is 0.270 e. The van der Waals surface area contributed by atoms with E-state index in [2.05, 4.69) is 27.9 Å². The van der Waals surface area contributed by atoms with Crippen molar-refractivity contribution in [2.75, 3.05) is 12.0 Å². The molecule has 0 bridgehead atoms. The average molecular weight is 533 g/mol. The number of carbonyl (C=O) groups is 2. The monoisotopic (exact) mass is 532 g/mol. The number of halogens is 3. The molecule has 2 aromatic rings. The van der Waals surface area contributed by atoms with E-state index in [-0.39, 0.29) is 15.7 Å². The van der Waals surface area contributed by atoms with E-state index in [0.717, 1.165) is 3.57 Å². The number of thiocarbonyl (C=S) groups is 1. The Morgan fingerprint density at radius 2 is 1.93 bits per heavy atom. The minimum atomic E-state index is -0.572. The van der Waals surface area contributed by atoms with Crippen LogP contribution in [0.5, 0.6) is 5.75 Å². The van der Waals surface area contributed by atoms with Crippen molar-refractivity contribution in [3.63, 3.8) is 0 Å². The van der Waals surface area contributed by atoms with E-state index in [1.165, 1.54) is 17.0 Å². The fourth-order valence-corrected chi connectivity index (χ4v) is 4.00. The molecule has 1 fully saturated rings. The zero-order valence-electron chi connectivity index (χ0n) is 13.8. The maximum absolute atomic E-state index is 13.0. The van der Waals surface area contributed by atoms with Gasteiger partial charge in [-0.15, -0.1) is 0 Å². The van der Waals surface area contributed by atoms with Gasteiger partial charge in [0.05, 0.1) is 21.4 Å². The second-order valence-electron chi connectivity index (χ2n) is 5.45. The molecule has 27 heavy (non-hydrogen) atoms. The van der Waals surface area contributed by atoms with Gasteiger partial charge < -0.3 is 4.74 Å².